The number of carbonyl (C=O) groups excluding carboxylic acids is 1. The van der Waals surface area contributed by atoms with Gasteiger partial charge < -0.3 is 19.5 Å². The first kappa shape index (κ1) is 23.9. The van der Waals surface area contributed by atoms with Gasteiger partial charge in [-0.25, -0.2) is 0 Å². The summed E-state index contributed by atoms with van der Waals surface area (Å²) in [5, 5.41) is 9.64. The minimum absolute atomic E-state index is 0.0176. The molecule has 2 aromatic rings. The number of likely N-dealkylation sites (tertiary alicyclic amines) is 1. The SMILES string of the molecule is COc1cccc(OCN2CCC2(C)C(=O)N(CCCC(=O)O)Cc2ccc(Cl)cc2)c1. The van der Waals surface area contributed by atoms with Crippen LogP contribution in [-0.2, 0) is 16.1 Å². The molecule has 0 radical (unpaired) electrons. The number of carbonyl (C=O) groups is 2. The Morgan fingerprint density at radius 2 is 1.91 bits per heavy atom. The molecule has 1 heterocycles. The fourth-order valence-electron chi connectivity index (χ4n) is 3.72. The minimum Gasteiger partial charge on any atom is -0.497 e. The van der Waals surface area contributed by atoms with E-state index in [1.807, 2.05) is 42.2 Å². The van der Waals surface area contributed by atoms with Gasteiger partial charge in [0.2, 0.25) is 5.91 Å². The van der Waals surface area contributed by atoms with Gasteiger partial charge in [0.25, 0.3) is 0 Å². The van der Waals surface area contributed by atoms with E-state index in [0.717, 1.165) is 12.1 Å². The quantitative estimate of drug-likeness (QED) is 0.545. The first-order valence-corrected chi connectivity index (χ1v) is 11.0. The third-order valence-corrected chi connectivity index (χ3v) is 6.10. The Balaban J connectivity index is 1.68. The second kappa shape index (κ2) is 10.7. The maximum atomic E-state index is 13.6. The highest BCUT2D eigenvalue weighted by Crippen LogP contribution is 2.33. The lowest BCUT2D eigenvalue weighted by atomic mass is 9.85. The lowest BCUT2D eigenvalue weighted by Crippen LogP contribution is -2.66. The van der Waals surface area contributed by atoms with Crippen molar-refractivity contribution in [3.8, 4) is 11.5 Å². The van der Waals surface area contributed by atoms with Gasteiger partial charge in [-0.05, 0) is 49.6 Å². The molecule has 1 saturated heterocycles. The van der Waals surface area contributed by atoms with Crippen LogP contribution in [-0.4, -0.2) is 59.3 Å². The van der Waals surface area contributed by atoms with Gasteiger partial charge in [0, 0.05) is 37.1 Å². The van der Waals surface area contributed by atoms with Gasteiger partial charge in [0.05, 0.1) is 7.11 Å². The van der Waals surface area contributed by atoms with Crippen molar-refractivity contribution in [2.45, 2.75) is 38.3 Å². The molecular weight excluding hydrogens is 432 g/mol. The summed E-state index contributed by atoms with van der Waals surface area (Å²) in [5.41, 5.74) is 0.245. The molecule has 1 aliphatic rings. The van der Waals surface area contributed by atoms with E-state index in [2.05, 4.69) is 0 Å². The van der Waals surface area contributed by atoms with Crippen molar-refractivity contribution >= 4 is 23.5 Å². The summed E-state index contributed by atoms with van der Waals surface area (Å²) in [6.07, 6.45) is 1.12. The molecule has 2 aromatic carbocycles. The fourth-order valence-corrected chi connectivity index (χ4v) is 3.85. The highest BCUT2D eigenvalue weighted by Gasteiger charge is 2.48. The van der Waals surface area contributed by atoms with Crippen molar-refractivity contribution < 1.29 is 24.2 Å². The van der Waals surface area contributed by atoms with Crippen molar-refractivity contribution in [1.29, 1.82) is 0 Å². The summed E-state index contributed by atoms with van der Waals surface area (Å²) in [7, 11) is 1.60. The number of hydrogen-bond donors (Lipinski definition) is 1. The molecule has 1 aliphatic heterocycles. The highest BCUT2D eigenvalue weighted by molar-refractivity contribution is 6.30. The lowest BCUT2D eigenvalue weighted by Gasteiger charge is -2.50. The second-order valence-electron chi connectivity index (χ2n) is 8.09. The average molecular weight is 461 g/mol. The first-order valence-electron chi connectivity index (χ1n) is 10.6. The van der Waals surface area contributed by atoms with Crippen LogP contribution in [0.4, 0.5) is 0 Å². The van der Waals surface area contributed by atoms with Gasteiger partial charge in [-0.2, -0.15) is 0 Å². The number of aliphatic carboxylic acids is 1. The number of ether oxygens (including phenoxy) is 2. The van der Waals surface area contributed by atoms with Crippen molar-refractivity contribution in [2.24, 2.45) is 0 Å². The number of halogens is 1. The van der Waals surface area contributed by atoms with E-state index in [1.54, 1.807) is 30.2 Å². The second-order valence-corrected chi connectivity index (χ2v) is 8.53. The average Bonchev–Trinajstić information content (AvgIpc) is 2.78. The van der Waals surface area contributed by atoms with Crippen LogP contribution in [0.25, 0.3) is 0 Å². The minimum atomic E-state index is -0.868. The molecule has 0 aromatic heterocycles. The normalized spacial score (nSPS) is 18.0. The fraction of sp³-hybridized carbons (Fsp3) is 0.417. The zero-order chi connectivity index (χ0) is 23.1. The molecular formula is C24H29ClN2O5. The number of carboxylic acid groups (broad SMARTS) is 1. The smallest absolute Gasteiger partial charge is 0.303 e. The van der Waals surface area contributed by atoms with E-state index < -0.39 is 11.5 Å². The zero-order valence-electron chi connectivity index (χ0n) is 18.4. The van der Waals surface area contributed by atoms with Crippen LogP contribution in [0.2, 0.25) is 5.02 Å². The van der Waals surface area contributed by atoms with Gasteiger partial charge in [0.1, 0.15) is 23.8 Å². The predicted molar refractivity (Wildman–Crippen MR) is 122 cm³/mol. The van der Waals surface area contributed by atoms with Gasteiger partial charge >= 0.3 is 5.97 Å². The Kier molecular flexibility index (Phi) is 7.99. The molecule has 1 atom stereocenters. The molecule has 1 unspecified atom stereocenters. The topological polar surface area (TPSA) is 79.3 Å². The third-order valence-electron chi connectivity index (χ3n) is 5.85. The lowest BCUT2D eigenvalue weighted by molar-refractivity contribution is -0.158. The molecule has 32 heavy (non-hydrogen) atoms. The molecule has 1 fully saturated rings. The van der Waals surface area contributed by atoms with Gasteiger partial charge in [-0.1, -0.05) is 29.8 Å². The van der Waals surface area contributed by atoms with Crippen molar-refractivity contribution in [2.75, 3.05) is 26.9 Å². The summed E-state index contributed by atoms with van der Waals surface area (Å²) in [5.74, 6) is 0.480. The molecule has 0 bridgehead atoms. The third kappa shape index (κ3) is 5.93. The molecule has 0 spiro atoms. The van der Waals surface area contributed by atoms with Crippen LogP contribution in [0, 0.1) is 0 Å². The Morgan fingerprint density at radius 3 is 2.53 bits per heavy atom. The highest BCUT2D eigenvalue weighted by atomic mass is 35.5. The van der Waals surface area contributed by atoms with Crippen molar-refractivity contribution in [1.82, 2.24) is 9.80 Å². The Hall–Kier alpha value is -2.77. The van der Waals surface area contributed by atoms with Crippen LogP contribution in [0.3, 0.4) is 0 Å². The summed E-state index contributed by atoms with van der Waals surface area (Å²) in [6, 6.07) is 14.7. The predicted octanol–water partition coefficient (Wildman–Crippen LogP) is 4.04. The molecule has 1 amide bonds. The van der Waals surface area contributed by atoms with Gasteiger partial charge in [0.15, 0.2) is 0 Å². The monoisotopic (exact) mass is 460 g/mol. The molecule has 1 N–H and O–H groups in total. The van der Waals surface area contributed by atoms with Gasteiger partial charge in [-0.15, -0.1) is 0 Å². The number of hydrogen-bond acceptors (Lipinski definition) is 5. The number of amides is 1. The van der Waals surface area contributed by atoms with Crippen LogP contribution in [0.1, 0.15) is 31.7 Å². The van der Waals surface area contributed by atoms with E-state index in [1.165, 1.54) is 0 Å². The molecule has 172 valence electrons. The Bertz CT molecular complexity index is 936. The first-order chi connectivity index (χ1) is 15.3. The summed E-state index contributed by atoms with van der Waals surface area (Å²) in [4.78, 5) is 28.3. The maximum Gasteiger partial charge on any atom is 0.303 e. The Morgan fingerprint density at radius 1 is 1.19 bits per heavy atom. The van der Waals surface area contributed by atoms with E-state index in [9.17, 15) is 9.59 Å². The standard InChI is InChI=1S/C24H29ClN2O5/c1-24(12-14-27(24)17-32-21-6-3-5-20(15-21)31-2)23(30)26(13-4-7-22(28)29)16-18-8-10-19(25)11-9-18/h3,5-6,8-11,15H,4,7,12-14,16-17H2,1-2H3,(H,28,29). The molecule has 7 nitrogen and oxygen atoms in total. The summed E-state index contributed by atoms with van der Waals surface area (Å²) < 4.78 is 11.1. The summed E-state index contributed by atoms with van der Waals surface area (Å²) in [6.45, 7) is 3.71. The number of methoxy groups -OCH3 is 1. The van der Waals surface area contributed by atoms with Crippen molar-refractivity contribution in [3.63, 3.8) is 0 Å². The van der Waals surface area contributed by atoms with Crippen LogP contribution in [0.15, 0.2) is 48.5 Å². The van der Waals surface area contributed by atoms with Gasteiger partial charge in [-0.3, -0.25) is 14.5 Å². The largest absolute Gasteiger partial charge is 0.497 e. The van der Waals surface area contributed by atoms with Crippen LogP contribution < -0.4 is 9.47 Å². The number of benzene rings is 2. The number of carboxylic acids is 1. The van der Waals surface area contributed by atoms with E-state index in [4.69, 9.17) is 26.2 Å². The zero-order valence-corrected chi connectivity index (χ0v) is 19.2. The van der Waals surface area contributed by atoms with Crippen LogP contribution in [0.5, 0.6) is 11.5 Å². The summed E-state index contributed by atoms with van der Waals surface area (Å²) >= 11 is 5.98. The molecule has 0 aliphatic carbocycles. The maximum absolute atomic E-state index is 13.6. The van der Waals surface area contributed by atoms with E-state index in [0.29, 0.717) is 42.5 Å². The Labute approximate surface area is 193 Å². The molecule has 8 heteroatoms. The van der Waals surface area contributed by atoms with E-state index in [-0.39, 0.29) is 19.1 Å². The molecule has 3 rings (SSSR count). The number of nitrogens with zero attached hydrogens (tertiary/aromatic N) is 2. The van der Waals surface area contributed by atoms with Crippen molar-refractivity contribution in [3.05, 3.63) is 59.1 Å². The van der Waals surface area contributed by atoms with E-state index >= 15 is 0 Å². The number of rotatable bonds is 11. The molecule has 0 saturated carbocycles. The van der Waals surface area contributed by atoms with Crippen LogP contribution >= 0.6 is 11.6 Å².